The number of nitrogens with zero attached hydrogens (tertiary/aromatic N) is 1. The van der Waals surface area contributed by atoms with Gasteiger partial charge >= 0.3 is 0 Å². The molecule has 1 fully saturated rings. The number of fused-ring (bicyclic) bond motifs is 1. The molecule has 2 aliphatic heterocycles. The molecule has 0 radical (unpaired) electrons. The smallest absolute Gasteiger partial charge is 0.122 e. The van der Waals surface area contributed by atoms with E-state index in [1.807, 2.05) is 0 Å². The van der Waals surface area contributed by atoms with E-state index in [9.17, 15) is 0 Å². The molecule has 1 aromatic rings. The van der Waals surface area contributed by atoms with Gasteiger partial charge in [0.25, 0.3) is 0 Å². The molecule has 2 atom stereocenters. The molecule has 0 amide bonds. The third-order valence-electron chi connectivity index (χ3n) is 4.78. The van der Waals surface area contributed by atoms with Crippen molar-refractivity contribution in [1.82, 2.24) is 10.2 Å². The summed E-state index contributed by atoms with van der Waals surface area (Å²) in [5.41, 5.74) is 2.87. The first-order chi connectivity index (χ1) is 9.79. The van der Waals surface area contributed by atoms with Gasteiger partial charge in [0.15, 0.2) is 0 Å². The Labute approximate surface area is 146 Å². The third-order valence-corrected chi connectivity index (χ3v) is 4.78. The van der Waals surface area contributed by atoms with E-state index in [2.05, 4.69) is 42.3 Å². The first-order valence-electron chi connectivity index (χ1n) is 8.00. The Bertz CT molecular complexity index is 464. The fraction of sp³-hybridized carbons (Fsp3) is 0.647. The summed E-state index contributed by atoms with van der Waals surface area (Å²) in [4.78, 5) is 2.65. The molecule has 3 rings (SSSR count). The van der Waals surface area contributed by atoms with Gasteiger partial charge in [-0.1, -0.05) is 32.4 Å². The molecule has 5 heteroatoms. The van der Waals surface area contributed by atoms with Crippen LogP contribution in [0.2, 0.25) is 0 Å². The van der Waals surface area contributed by atoms with Gasteiger partial charge in [0.05, 0.1) is 6.61 Å². The topological polar surface area (TPSA) is 24.5 Å². The fourth-order valence-electron chi connectivity index (χ4n) is 3.47. The van der Waals surface area contributed by atoms with Crippen LogP contribution in [0.3, 0.4) is 0 Å². The third kappa shape index (κ3) is 4.08. The molecule has 0 aromatic heterocycles. The van der Waals surface area contributed by atoms with Crippen molar-refractivity contribution in [3.8, 4) is 5.75 Å². The van der Waals surface area contributed by atoms with Crippen LogP contribution < -0.4 is 10.1 Å². The summed E-state index contributed by atoms with van der Waals surface area (Å²) in [5, 5.41) is 3.46. The molecular formula is C17H28Cl2N2O. The van der Waals surface area contributed by atoms with Gasteiger partial charge in [-0.05, 0) is 23.1 Å². The van der Waals surface area contributed by atoms with Crippen LogP contribution in [0.15, 0.2) is 18.2 Å². The van der Waals surface area contributed by atoms with E-state index in [0.717, 1.165) is 45.0 Å². The van der Waals surface area contributed by atoms with Crippen LogP contribution in [0.4, 0.5) is 0 Å². The monoisotopic (exact) mass is 346 g/mol. The zero-order chi connectivity index (χ0) is 13.9. The lowest BCUT2D eigenvalue weighted by molar-refractivity contribution is 0.128. The second-order valence-corrected chi connectivity index (χ2v) is 6.08. The van der Waals surface area contributed by atoms with Crippen molar-refractivity contribution in [2.45, 2.75) is 32.7 Å². The highest BCUT2D eigenvalue weighted by atomic mass is 35.5. The molecule has 3 nitrogen and oxygen atoms in total. The van der Waals surface area contributed by atoms with Crippen molar-refractivity contribution in [2.24, 2.45) is 5.92 Å². The molecule has 2 aliphatic rings. The molecule has 1 aromatic carbocycles. The number of nitrogens with one attached hydrogen (secondary N) is 1. The molecule has 22 heavy (non-hydrogen) atoms. The number of hydrogen-bond acceptors (Lipinski definition) is 3. The van der Waals surface area contributed by atoms with E-state index in [1.54, 1.807) is 0 Å². The number of halogens is 2. The van der Waals surface area contributed by atoms with E-state index in [-0.39, 0.29) is 24.8 Å². The van der Waals surface area contributed by atoms with E-state index in [1.165, 1.54) is 17.5 Å². The minimum absolute atomic E-state index is 0. The molecule has 2 heterocycles. The molecule has 0 spiro atoms. The average molecular weight is 347 g/mol. The second-order valence-electron chi connectivity index (χ2n) is 6.08. The van der Waals surface area contributed by atoms with Gasteiger partial charge in [-0.25, -0.2) is 0 Å². The van der Waals surface area contributed by atoms with Crippen molar-refractivity contribution in [2.75, 3.05) is 32.8 Å². The minimum atomic E-state index is 0. The number of benzene rings is 1. The number of hydrogen-bond donors (Lipinski definition) is 1. The van der Waals surface area contributed by atoms with Crippen molar-refractivity contribution in [3.63, 3.8) is 0 Å². The van der Waals surface area contributed by atoms with Crippen LogP contribution in [0.25, 0.3) is 0 Å². The molecule has 1 unspecified atom stereocenters. The van der Waals surface area contributed by atoms with Gasteiger partial charge < -0.3 is 10.1 Å². The average Bonchev–Trinajstić information content (AvgIpc) is 2.96. The number of piperazine rings is 1. The Morgan fingerprint density at radius 1 is 1.23 bits per heavy atom. The SMILES string of the molecule is CCC(C)[C@H](c1ccc2c(c1)CCO2)N1CCNCC1.Cl.Cl. The van der Waals surface area contributed by atoms with Crippen molar-refractivity contribution in [1.29, 1.82) is 0 Å². The normalized spacial score (nSPS) is 20.1. The quantitative estimate of drug-likeness (QED) is 0.903. The first-order valence-corrected chi connectivity index (χ1v) is 8.00. The van der Waals surface area contributed by atoms with Crippen molar-refractivity contribution >= 4 is 24.8 Å². The van der Waals surface area contributed by atoms with Crippen LogP contribution in [0.5, 0.6) is 5.75 Å². The lowest BCUT2D eigenvalue weighted by atomic mass is 9.89. The Morgan fingerprint density at radius 3 is 2.64 bits per heavy atom. The lowest BCUT2D eigenvalue weighted by Crippen LogP contribution is -2.46. The van der Waals surface area contributed by atoms with E-state index < -0.39 is 0 Å². The summed E-state index contributed by atoms with van der Waals surface area (Å²) in [7, 11) is 0. The molecular weight excluding hydrogens is 319 g/mol. The zero-order valence-corrected chi connectivity index (χ0v) is 15.1. The highest BCUT2D eigenvalue weighted by Gasteiger charge is 2.27. The van der Waals surface area contributed by atoms with Crippen LogP contribution in [0.1, 0.15) is 37.4 Å². The van der Waals surface area contributed by atoms with Gasteiger partial charge in [-0.2, -0.15) is 0 Å². The zero-order valence-electron chi connectivity index (χ0n) is 13.5. The second kappa shape index (κ2) is 8.97. The highest BCUT2D eigenvalue weighted by Crippen LogP contribution is 2.35. The van der Waals surface area contributed by atoms with E-state index in [4.69, 9.17) is 4.74 Å². The number of rotatable bonds is 4. The summed E-state index contributed by atoms with van der Waals surface area (Å²) in [5.74, 6) is 1.78. The Hall–Kier alpha value is -0.480. The van der Waals surface area contributed by atoms with Crippen LogP contribution in [-0.4, -0.2) is 37.7 Å². The summed E-state index contributed by atoms with van der Waals surface area (Å²) < 4.78 is 5.64. The highest BCUT2D eigenvalue weighted by molar-refractivity contribution is 5.85. The first kappa shape index (κ1) is 19.6. The summed E-state index contributed by atoms with van der Waals surface area (Å²) in [6.45, 7) is 10.1. The fourth-order valence-corrected chi connectivity index (χ4v) is 3.47. The molecule has 126 valence electrons. The maximum Gasteiger partial charge on any atom is 0.122 e. The van der Waals surface area contributed by atoms with Gasteiger partial charge in [-0.15, -0.1) is 24.8 Å². The van der Waals surface area contributed by atoms with Crippen LogP contribution >= 0.6 is 24.8 Å². The predicted molar refractivity (Wildman–Crippen MR) is 96.8 cm³/mol. The Morgan fingerprint density at radius 2 is 1.95 bits per heavy atom. The largest absolute Gasteiger partial charge is 0.493 e. The Balaban J connectivity index is 0.00000121. The molecule has 1 saturated heterocycles. The maximum atomic E-state index is 5.64. The molecule has 0 bridgehead atoms. The minimum Gasteiger partial charge on any atom is -0.493 e. The summed E-state index contributed by atoms with van der Waals surface area (Å²) >= 11 is 0. The Kier molecular flexibility index (Phi) is 7.98. The van der Waals surface area contributed by atoms with E-state index >= 15 is 0 Å². The van der Waals surface area contributed by atoms with Gasteiger partial charge in [0.1, 0.15) is 5.75 Å². The molecule has 0 saturated carbocycles. The van der Waals surface area contributed by atoms with Crippen LogP contribution in [-0.2, 0) is 6.42 Å². The number of ether oxygens (including phenoxy) is 1. The maximum absolute atomic E-state index is 5.64. The van der Waals surface area contributed by atoms with Gasteiger partial charge in [0.2, 0.25) is 0 Å². The predicted octanol–water partition coefficient (Wildman–Crippen LogP) is 3.46. The van der Waals surface area contributed by atoms with Gasteiger partial charge in [0, 0.05) is 38.6 Å². The van der Waals surface area contributed by atoms with Crippen LogP contribution in [0, 0.1) is 5.92 Å². The molecule has 0 aliphatic carbocycles. The van der Waals surface area contributed by atoms with Crippen molar-refractivity contribution < 1.29 is 4.74 Å². The molecule has 1 N–H and O–H groups in total. The lowest BCUT2D eigenvalue weighted by Gasteiger charge is -2.38. The summed E-state index contributed by atoms with van der Waals surface area (Å²) in [6.07, 6.45) is 2.29. The summed E-state index contributed by atoms with van der Waals surface area (Å²) in [6, 6.07) is 7.40. The van der Waals surface area contributed by atoms with Crippen molar-refractivity contribution in [3.05, 3.63) is 29.3 Å². The standard InChI is InChI=1S/C17H26N2O.2ClH/c1-3-13(2)17(19-9-7-18-8-10-19)15-4-5-16-14(12-15)6-11-20-16;;/h4-5,12-13,17-18H,3,6-11H2,1-2H3;2*1H/t13?,17-;;/m1../s1. The van der Waals surface area contributed by atoms with E-state index in [0.29, 0.717) is 12.0 Å². The van der Waals surface area contributed by atoms with Gasteiger partial charge in [-0.3, -0.25) is 4.90 Å².